The molecule has 1 aromatic carbocycles. The molecule has 2 rings (SSSR count). The molecular formula is C18H22ClF3N2O2. The molecule has 0 saturated heterocycles. The van der Waals surface area contributed by atoms with E-state index in [1.54, 1.807) is 0 Å². The normalized spacial score (nSPS) is 20.7. The predicted molar refractivity (Wildman–Crippen MR) is 93.8 cm³/mol. The summed E-state index contributed by atoms with van der Waals surface area (Å²) >= 11 is 5.58. The van der Waals surface area contributed by atoms with Gasteiger partial charge in [0.2, 0.25) is 11.8 Å². The highest BCUT2D eigenvalue weighted by atomic mass is 35.5. The molecule has 1 aromatic rings. The van der Waals surface area contributed by atoms with Gasteiger partial charge >= 0.3 is 6.18 Å². The van der Waals surface area contributed by atoms with E-state index >= 15 is 0 Å². The Morgan fingerprint density at radius 3 is 2.12 bits per heavy atom. The van der Waals surface area contributed by atoms with E-state index in [2.05, 4.69) is 10.6 Å². The minimum atomic E-state index is -4.58. The molecule has 2 N–H and O–H groups in total. The molecule has 0 aromatic heterocycles. The van der Waals surface area contributed by atoms with Crippen LogP contribution in [0.1, 0.15) is 45.1 Å². The monoisotopic (exact) mass is 390 g/mol. The number of hydrogen-bond acceptors (Lipinski definition) is 2. The summed E-state index contributed by atoms with van der Waals surface area (Å²) in [5.41, 5.74) is -0.919. The molecule has 1 fully saturated rings. The molecule has 1 saturated carbocycles. The van der Waals surface area contributed by atoms with Crippen molar-refractivity contribution in [1.82, 2.24) is 5.32 Å². The van der Waals surface area contributed by atoms with Crippen molar-refractivity contribution in [3.63, 3.8) is 0 Å². The molecular weight excluding hydrogens is 369 g/mol. The summed E-state index contributed by atoms with van der Waals surface area (Å²) in [6, 6.07) is 3.36. The Morgan fingerprint density at radius 2 is 1.62 bits per heavy atom. The minimum Gasteiger partial charge on any atom is -0.354 e. The summed E-state index contributed by atoms with van der Waals surface area (Å²) in [5, 5.41) is 4.98. The highest BCUT2D eigenvalue weighted by Gasteiger charge is 2.34. The van der Waals surface area contributed by atoms with Crippen LogP contribution < -0.4 is 10.6 Å². The smallest absolute Gasteiger partial charge is 0.354 e. The van der Waals surface area contributed by atoms with Crippen molar-refractivity contribution in [2.45, 2.75) is 51.7 Å². The van der Waals surface area contributed by atoms with Crippen LogP contribution in [-0.4, -0.2) is 17.9 Å². The van der Waals surface area contributed by atoms with Gasteiger partial charge in [-0.15, -0.1) is 0 Å². The zero-order valence-corrected chi connectivity index (χ0v) is 15.4. The molecule has 144 valence electrons. The van der Waals surface area contributed by atoms with E-state index in [1.807, 2.05) is 13.8 Å². The maximum atomic E-state index is 12.9. The second-order valence-corrected chi connectivity index (χ2v) is 7.30. The lowest BCUT2D eigenvalue weighted by Crippen LogP contribution is -2.38. The van der Waals surface area contributed by atoms with Gasteiger partial charge in [0.25, 0.3) is 0 Å². The third-order valence-corrected chi connectivity index (χ3v) is 4.77. The third-order valence-electron chi connectivity index (χ3n) is 4.44. The molecule has 1 aliphatic rings. The molecule has 0 heterocycles. The molecule has 2 amide bonds. The summed E-state index contributed by atoms with van der Waals surface area (Å²) in [6.45, 7) is 3.77. The van der Waals surface area contributed by atoms with Crippen molar-refractivity contribution < 1.29 is 22.8 Å². The summed E-state index contributed by atoms with van der Waals surface area (Å²) in [7, 11) is 0. The molecule has 26 heavy (non-hydrogen) atoms. The number of benzene rings is 1. The van der Waals surface area contributed by atoms with Crippen LogP contribution in [0.3, 0.4) is 0 Å². The number of amides is 2. The van der Waals surface area contributed by atoms with E-state index in [4.69, 9.17) is 11.6 Å². The van der Waals surface area contributed by atoms with Crippen molar-refractivity contribution in [2.24, 2.45) is 11.8 Å². The fourth-order valence-corrected chi connectivity index (χ4v) is 3.31. The summed E-state index contributed by atoms with van der Waals surface area (Å²) in [4.78, 5) is 24.4. The Bertz CT molecular complexity index is 669. The molecule has 0 atom stereocenters. The van der Waals surface area contributed by atoms with E-state index in [9.17, 15) is 22.8 Å². The van der Waals surface area contributed by atoms with Gasteiger partial charge in [0, 0.05) is 23.6 Å². The van der Waals surface area contributed by atoms with Gasteiger partial charge in [-0.3, -0.25) is 9.59 Å². The van der Waals surface area contributed by atoms with Crippen LogP contribution in [0.25, 0.3) is 0 Å². The van der Waals surface area contributed by atoms with Crippen molar-refractivity contribution in [3.8, 4) is 0 Å². The van der Waals surface area contributed by atoms with Crippen LogP contribution in [0.15, 0.2) is 18.2 Å². The van der Waals surface area contributed by atoms with E-state index in [1.165, 1.54) is 6.07 Å². The van der Waals surface area contributed by atoms with Crippen LogP contribution in [0, 0.1) is 11.8 Å². The Balaban J connectivity index is 1.95. The second-order valence-electron chi connectivity index (χ2n) is 6.89. The first-order valence-electron chi connectivity index (χ1n) is 8.56. The zero-order valence-electron chi connectivity index (χ0n) is 14.6. The first kappa shape index (κ1) is 20.6. The fraction of sp³-hybridized carbons (Fsp3) is 0.556. The van der Waals surface area contributed by atoms with Crippen LogP contribution in [0.5, 0.6) is 0 Å². The van der Waals surface area contributed by atoms with Gasteiger partial charge in [0.15, 0.2) is 0 Å². The number of hydrogen-bond donors (Lipinski definition) is 2. The van der Waals surface area contributed by atoms with Crippen molar-refractivity contribution in [2.75, 3.05) is 5.32 Å². The summed E-state index contributed by atoms with van der Waals surface area (Å²) in [6.07, 6.45) is -2.35. The highest BCUT2D eigenvalue weighted by Crippen LogP contribution is 2.36. The number of alkyl halides is 3. The SMILES string of the molecule is CC(C)NC(=O)C1CCC(C(=O)Nc2ccc(Cl)c(C(F)(F)F)c2)CC1. The predicted octanol–water partition coefficient (Wildman–Crippen LogP) is 4.63. The highest BCUT2D eigenvalue weighted by molar-refractivity contribution is 6.31. The number of nitrogens with one attached hydrogen (secondary N) is 2. The van der Waals surface area contributed by atoms with Crippen LogP contribution in [-0.2, 0) is 15.8 Å². The van der Waals surface area contributed by atoms with Gasteiger partial charge in [-0.2, -0.15) is 13.2 Å². The number of rotatable bonds is 4. The molecule has 1 aliphatic carbocycles. The average Bonchev–Trinajstić information content (AvgIpc) is 2.55. The van der Waals surface area contributed by atoms with Gasteiger partial charge in [0.05, 0.1) is 10.6 Å². The van der Waals surface area contributed by atoms with Crippen LogP contribution >= 0.6 is 11.6 Å². The van der Waals surface area contributed by atoms with E-state index in [0.717, 1.165) is 12.1 Å². The van der Waals surface area contributed by atoms with E-state index < -0.39 is 16.8 Å². The Labute approximate surface area is 155 Å². The Morgan fingerprint density at radius 1 is 1.08 bits per heavy atom. The van der Waals surface area contributed by atoms with Crippen molar-refractivity contribution in [1.29, 1.82) is 0 Å². The average molecular weight is 391 g/mol. The van der Waals surface area contributed by atoms with Gasteiger partial charge in [0.1, 0.15) is 0 Å². The summed E-state index contributed by atoms with van der Waals surface area (Å²) < 4.78 is 38.7. The summed E-state index contributed by atoms with van der Waals surface area (Å²) in [5.74, 6) is -0.772. The third kappa shape index (κ3) is 5.37. The standard InChI is InChI=1S/C18H22ClF3N2O2/c1-10(2)23-16(25)11-3-5-12(6-4-11)17(26)24-13-7-8-15(19)14(9-13)18(20,21)22/h7-12H,3-6H2,1-2H3,(H,23,25)(H,24,26). The number of anilines is 1. The topological polar surface area (TPSA) is 58.2 Å². The Hall–Kier alpha value is -1.76. The van der Waals surface area contributed by atoms with Gasteiger partial charge < -0.3 is 10.6 Å². The lowest BCUT2D eigenvalue weighted by Gasteiger charge is -2.27. The number of carbonyl (C=O) groups excluding carboxylic acids is 2. The van der Waals surface area contributed by atoms with Gasteiger partial charge in [-0.1, -0.05) is 11.6 Å². The number of halogens is 4. The van der Waals surface area contributed by atoms with Gasteiger partial charge in [-0.25, -0.2) is 0 Å². The maximum absolute atomic E-state index is 12.9. The zero-order chi connectivity index (χ0) is 19.5. The minimum absolute atomic E-state index is 0.00798. The first-order chi connectivity index (χ1) is 12.1. The molecule has 0 bridgehead atoms. The lowest BCUT2D eigenvalue weighted by molar-refractivity contribution is -0.137. The van der Waals surface area contributed by atoms with Crippen LogP contribution in [0.2, 0.25) is 5.02 Å². The van der Waals surface area contributed by atoms with Crippen molar-refractivity contribution in [3.05, 3.63) is 28.8 Å². The van der Waals surface area contributed by atoms with E-state index in [0.29, 0.717) is 25.7 Å². The second kappa shape index (κ2) is 8.29. The lowest BCUT2D eigenvalue weighted by atomic mass is 9.81. The largest absolute Gasteiger partial charge is 0.417 e. The van der Waals surface area contributed by atoms with E-state index in [-0.39, 0.29) is 35.4 Å². The quantitative estimate of drug-likeness (QED) is 0.787. The maximum Gasteiger partial charge on any atom is 0.417 e. The first-order valence-corrected chi connectivity index (χ1v) is 8.93. The van der Waals surface area contributed by atoms with Gasteiger partial charge in [-0.05, 0) is 57.7 Å². The molecule has 0 radical (unpaired) electrons. The van der Waals surface area contributed by atoms with Crippen LogP contribution in [0.4, 0.5) is 18.9 Å². The van der Waals surface area contributed by atoms with Crippen molar-refractivity contribution >= 4 is 29.1 Å². The molecule has 0 aliphatic heterocycles. The molecule has 0 spiro atoms. The molecule has 0 unspecified atom stereocenters. The Kier molecular flexibility index (Phi) is 6.55. The fourth-order valence-electron chi connectivity index (χ4n) is 3.08. The molecule has 4 nitrogen and oxygen atoms in total. The molecule has 8 heteroatoms. The number of carbonyl (C=O) groups is 2.